The fourth-order valence-corrected chi connectivity index (χ4v) is 7.37. The Kier molecular flexibility index (Phi) is 7.22. The van der Waals surface area contributed by atoms with Gasteiger partial charge in [0, 0.05) is 36.3 Å². The monoisotopic (exact) mass is 576 g/mol. The quantitative estimate of drug-likeness (QED) is 0.366. The van der Waals surface area contributed by atoms with Crippen LogP contribution in [0.15, 0.2) is 18.2 Å². The number of rotatable bonds is 6. The molecule has 11 nitrogen and oxygen atoms in total. The summed E-state index contributed by atoms with van der Waals surface area (Å²) in [7, 11) is 1.12. The third-order valence-electron chi connectivity index (χ3n) is 8.90. The second-order valence-corrected chi connectivity index (χ2v) is 11.3. The number of esters is 4. The lowest BCUT2D eigenvalue weighted by molar-refractivity contribution is -0.282. The van der Waals surface area contributed by atoms with Crippen LogP contribution in [0, 0.1) is 5.92 Å². The Bertz CT molecular complexity index is 1300. The number of carbonyl (C=O) groups excluding carboxylic acids is 4. The number of likely N-dealkylation sites (tertiary alicyclic amines) is 1. The first-order valence-corrected chi connectivity index (χ1v) is 14.1. The molecule has 8 atom stereocenters. The van der Waals surface area contributed by atoms with Crippen LogP contribution in [-0.4, -0.2) is 86.2 Å². The Morgan fingerprint density at radius 3 is 2.37 bits per heavy atom. The van der Waals surface area contributed by atoms with Gasteiger partial charge in [0.15, 0.2) is 18.3 Å². The summed E-state index contributed by atoms with van der Waals surface area (Å²) in [6.45, 7) is 1.68. The maximum atomic E-state index is 12.8. The van der Waals surface area contributed by atoms with Gasteiger partial charge in [-0.3, -0.25) is 14.4 Å². The number of fused-ring (bicyclic) bond motifs is 1. The molecule has 4 aliphatic rings. The number of nitrogens with zero attached hydrogens (tertiary/aromatic N) is 1. The number of likely N-dealkylation sites (N-methyl/N-ethyl adjacent to an activating group) is 1. The summed E-state index contributed by atoms with van der Waals surface area (Å²) in [5.74, 6) is -2.69. The van der Waals surface area contributed by atoms with Gasteiger partial charge >= 0.3 is 23.9 Å². The second-order valence-electron chi connectivity index (χ2n) is 11.3. The number of hydrogen-bond donors (Lipinski definition) is 0. The zero-order chi connectivity index (χ0) is 32.0. The molecule has 41 heavy (non-hydrogen) atoms. The van der Waals surface area contributed by atoms with Crippen LogP contribution in [-0.2, 0) is 54.7 Å². The molecule has 1 aromatic carbocycles. The fourth-order valence-electron chi connectivity index (χ4n) is 7.37. The van der Waals surface area contributed by atoms with Crippen LogP contribution in [0.25, 0.3) is 0 Å². The van der Waals surface area contributed by atoms with Crippen molar-refractivity contribution in [3.8, 4) is 5.75 Å². The fraction of sp³-hybridized carbons (Fsp3) is 0.667. The van der Waals surface area contributed by atoms with Crippen molar-refractivity contribution >= 4 is 23.9 Å². The van der Waals surface area contributed by atoms with Crippen LogP contribution in [0.1, 0.15) is 68.1 Å². The lowest BCUT2D eigenvalue weighted by Gasteiger charge is -2.58. The van der Waals surface area contributed by atoms with Crippen LogP contribution in [0.2, 0.25) is 0 Å². The molecular formula is C30H39NO10. The highest BCUT2D eigenvalue weighted by Gasteiger charge is 2.56. The third-order valence-corrected chi connectivity index (χ3v) is 8.90. The molecule has 2 aliphatic heterocycles. The molecule has 0 spiro atoms. The molecule has 0 N–H and O–H groups in total. The van der Waals surface area contributed by atoms with Crippen molar-refractivity contribution < 1.29 is 51.7 Å². The third kappa shape index (κ3) is 5.53. The van der Waals surface area contributed by atoms with Gasteiger partial charge in [-0.2, -0.15) is 0 Å². The topological polar surface area (TPSA) is 127 Å². The van der Waals surface area contributed by atoms with Crippen LogP contribution >= 0.6 is 0 Å². The zero-order valence-electron chi connectivity index (χ0n) is 26.8. The summed E-state index contributed by atoms with van der Waals surface area (Å²) >= 11 is 0. The minimum atomic E-state index is -2.17. The molecule has 1 saturated carbocycles. The number of methoxy groups -OCH3 is 1. The smallest absolute Gasteiger partial charge is 0.339 e. The molecular weight excluding hydrogens is 534 g/mol. The van der Waals surface area contributed by atoms with E-state index in [-0.39, 0.29) is 17.4 Å². The average Bonchev–Trinajstić information content (AvgIpc) is 2.94. The van der Waals surface area contributed by atoms with Crippen LogP contribution < -0.4 is 4.74 Å². The molecule has 0 radical (unpaired) electrons. The minimum Gasteiger partial charge on any atom is -0.467 e. The van der Waals surface area contributed by atoms with E-state index in [1.54, 1.807) is 11.0 Å². The first-order valence-electron chi connectivity index (χ1n) is 15.6. The summed E-state index contributed by atoms with van der Waals surface area (Å²) in [6.07, 6.45) is -2.14. The predicted octanol–water partition coefficient (Wildman–Crippen LogP) is 2.45. The van der Waals surface area contributed by atoms with Gasteiger partial charge in [-0.25, -0.2) is 4.79 Å². The largest absolute Gasteiger partial charge is 0.467 e. The molecule has 2 heterocycles. The highest BCUT2D eigenvalue weighted by Crippen LogP contribution is 2.56. The Morgan fingerprint density at radius 1 is 0.976 bits per heavy atom. The average molecular weight is 577 g/mol. The molecule has 0 unspecified atom stereocenters. The van der Waals surface area contributed by atoms with E-state index >= 15 is 0 Å². The van der Waals surface area contributed by atoms with E-state index in [9.17, 15) is 19.2 Å². The van der Waals surface area contributed by atoms with Gasteiger partial charge in [0.25, 0.3) is 0 Å². The second kappa shape index (κ2) is 11.6. The van der Waals surface area contributed by atoms with Crippen LogP contribution in [0.5, 0.6) is 5.75 Å². The Labute approximate surface area is 243 Å². The summed E-state index contributed by atoms with van der Waals surface area (Å²) < 4.78 is 57.8. The van der Waals surface area contributed by atoms with E-state index in [1.807, 2.05) is 12.1 Å². The van der Waals surface area contributed by atoms with Gasteiger partial charge < -0.3 is 33.3 Å². The maximum Gasteiger partial charge on any atom is 0.339 e. The molecule has 2 aliphatic carbocycles. The number of carbonyl (C=O) groups is 4. The molecule has 2 saturated heterocycles. The van der Waals surface area contributed by atoms with Gasteiger partial charge in [0.1, 0.15) is 5.75 Å². The van der Waals surface area contributed by atoms with Crippen molar-refractivity contribution in [3.05, 3.63) is 29.3 Å². The number of hydrogen-bond acceptors (Lipinski definition) is 11. The molecule has 1 aromatic rings. The SMILES string of the molecule is [2H]C([2H])([2H])N1CC[C@@]23CCCC[C@@H]2[C@@H]1Cc1ccc(O[C@@H]2O[C@H](C(=O)OC)[C@@H](OC(C)=O)[C@H](OC(C)=O)[C@H]2OC(C)=O)cc13. The summed E-state index contributed by atoms with van der Waals surface area (Å²) in [6, 6.07) is 5.47. The molecule has 3 fully saturated rings. The zero-order valence-corrected chi connectivity index (χ0v) is 23.8. The van der Waals surface area contributed by atoms with E-state index in [0.29, 0.717) is 25.1 Å². The lowest BCUT2D eigenvalue weighted by atomic mass is 9.52. The molecule has 2 bridgehead atoms. The normalized spacial score (nSPS) is 35.7. The Balaban J connectivity index is 1.52. The van der Waals surface area contributed by atoms with Crippen molar-refractivity contribution in [2.45, 2.75) is 101 Å². The Hall–Kier alpha value is -3.18. The highest BCUT2D eigenvalue weighted by molar-refractivity contribution is 5.77. The van der Waals surface area contributed by atoms with Gasteiger partial charge in [0.05, 0.1) is 7.11 Å². The van der Waals surface area contributed by atoms with E-state index in [1.165, 1.54) is 0 Å². The van der Waals surface area contributed by atoms with Crippen molar-refractivity contribution in [2.75, 3.05) is 20.6 Å². The molecule has 224 valence electrons. The van der Waals surface area contributed by atoms with E-state index < -0.39 is 61.6 Å². The first-order chi connectivity index (χ1) is 20.7. The summed E-state index contributed by atoms with van der Waals surface area (Å²) in [5, 5.41) is 0. The lowest BCUT2D eigenvalue weighted by Crippen LogP contribution is -2.64. The number of benzene rings is 1. The van der Waals surface area contributed by atoms with E-state index in [4.69, 9.17) is 32.5 Å². The van der Waals surface area contributed by atoms with Crippen molar-refractivity contribution in [3.63, 3.8) is 0 Å². The number of ether oxygens (including phenoxy) is 6. The molecule has 0 aromatic heterocycles. The summed E-state index contributed by atoms with van der Waals surface area (Å²) in [4.78, 5) is 50.8. The summed E-state index contributed by atoms with van der Waals surface area (Å²) in [5.41, 5.74) is 1.94. The van der Waals surface area contributed by atoms with Crippen molar-refractivity contribution in [2.24, 2.45) is 5.92 Å². The molecule has 0 amide bonds. The molecule has 5 rings (SSSR count). The van der Waals surface area contributed by atoms with Gasteiger partial charge in [-0.1, -0.05) is 18.9 Å². The minimum absolute atomic E-state index is 0.0886. The standard InChI is InChI=1S/C30H39NO10/c1-16(32)37-24-25(38-17(2)33)27(39-18(3)34)29(41-26(24)28(35)36-5)40-20-10-9-19-14-23-21-8-6-7-11-30(21,22(19)15-20)12-13-31(23)4/h9-10,15,21,23-27,29H,6-8,11-14H2,1-5H3/t21-,23+,24+,25+,26+,27-,29-,30+/m1/s1/i4D3. The maximum absolute atomic E-state index is 12.8. The molecule has 11 heteroatoms. The van der Waals surface area contributed by atoms with E-state index in [2.05, 4.69) is 0 Å². The van der Waals surface area contributed by atoms with Crippen LogP contribution in [0.4, 0.5) is 0 Å². The van der Waals surface area contributed by atoms with Gasteiger partial charge in [0.2, 0.25) is 12.4 Å². The van der Waals surface area contributed by atoms with Crippen molar-refractivity contribution in [1.29, 1.82) is 0 Å². The van der Waals surface area contributed by atoms with Crippen LogP contribution in [0.3, 0.4) is 0 Å². The number of piperidine rings is 1. The first kappa shape index (κ1) is 25.5. The van der Waals surface area contributed by atoms with E-state index in [0.717, 1.165) is 64.7 Å². The van der Waals surface area contributed by atoms with Gasteiger partial charge in [-0.15, -0.1) is 0 Å². The predicted molar refractivity (Wildman–Crippen MR) is 143 cm³/mol. The highest BCUT2D eigenvalue weighted by atomic mass is 16.7. The van der Waals surface area contributed by atoms with Crippen molar-refractivity contribution in [1.82, 2.24) is 4.90 Å². The van der Waals surface area contributed by atoms with Gasteiger partial charge in [-0.05, 0) is 68.4 Å². The Morgan fingerprint density at radius 2 is 1.68 bits per heavy atom.